The van der Waals surface area contributed by atoms with Gasteiger partial charge in [0.15, 0.2) is 0 Å². The topological polar surface area (TPSA) is 21.6 Å². The molecule has 0 spiro atoms. The molecule has 2 rings (SSSR count). The summed E-state index contributed by atoms with van der Waals surface area (Å²) in [5.41, 5.74) is 4.28. The highest BCUT2D eigenvalue weighted by Gasteiger charge is 2.21. The van der Waals surface area contributed by atoms with Crippen LogP contribution in [0.5, 0.6) is 0 Å². The Morgan fingerprint density at radius 1 is 1.16 bits per heavy atom. The van der Waals surface area contributed by atoms with Crippen molar-refractivity contribution in [3.05, 3.63) is 35.4 Å². The highest BCUT2D eigenvalue weighted by atomic mass is 16.6. The fourth-order valence-corrected chi connectivity index (χ4v) is 2.79. The van der Waals surface area contributed by atoms with Gasteiger partial charge in [-0.2, -0.15) is 0 Å². The molecule has 104 valence electrons. The summed E-state index contributed by atoms with van der Waals surface area (Å²) in [7, 11) is 1.63. The summed E-state index contributed by atoms with van der Waals surface area (Å²) < 4.78 is 0. The van der Waals surface area contributed by atoms with Gasteiger partial charge in [-0.1, -0.05) is 50.2 Å². The van der Waals surface area contributed by atoms with E-state index in [0.717, 1.165) is 12.8 Å². The molecule has 0 aliphatic heterocycles. The Labute approximate surface area is 116 Å². The van der Waals surface area contributed by atoms with Crippen LogP contribution < -0.4 is 0 Å². The van der Waals surface area contributed by atoms with Gasteiger partial charge in [-0.3, -0.25) is 0 Å². The maximum atomic E-state index is 4.92. The minimum atomic E-state index is 0.230. The quantitative estimate of drug-likeness (QED) is 0.709. The van der Waals surface area contributed by atoms with Gasteiger partial charge in [0.25, 0.3) is 0 Å². The van der Waals surface area contributed by atoms with E-state index in [4.69, 9.17) is 4.84 Å². The van der Waals surface area contributed by atoms with Gasteiger partial charge in [-0.15, -0.1) is 0 Å². The van der Waals surface area contributed by atoms with E-state index in [-0.39, 0.29) is 5.41 Å². The Bertz CT molecular complexity index is 439. The van der Waals surface area contributed by atoms with Crippen molar-refractivity contribution in [1.29, 1.82) is 0 Å². The van der Waals surface area contributed by atoms with Crippen molar-refractivity contribution < 1.29 is 4.84 Å². The number of rotatable bonds is 2. The summed E-state index contributed by atoms with van der Waals surface area (Å²) in [6.45, 7) is 6.77. The maximum absolute atomic E-state index is 4.92. The highest BCUT2D eigenvalue weighted by molar-refractivity contribution is 5.85. The van der Waals surface area contributed by atoms with Crippen molar-refractivity contribution in [2.75, 3.05) is 7.11 Å². The molecule has 1 aromatic carbocycles. The standard InChI is InChI=1S/C17H25NO/c1-17(2,3)15-10-8-13(9-11-15)14-6-5-7-16(12-14)18-19-4/h8-11,14H,5-7,12H2,1-4H3. The minimum Gasteiger partial charge on any atom is -0.399 e. The van der Waals surface area contributed by atoms with Gasteiger partial charge in [0, 0.05) is 0 Å². The Morgan fingerprint density at radius 3 is 2.42 bits per heavy atom. The second-order valence-electron chi connectivity index (χ2n) is 6.51. The van der Waals surface area contributed by atoms with Gasteiger partial charge < -0.3 is 4.84 Å². The van der Waals surface area contributed by atoms with Gasteiger partial charge >= 0.3 is 0 Å². The zero-order valence-corrected chi connectivity index (χ0v) is 12.6. The minimum absolute atomic E-state index is 0.230. The summed E-state index contributed by atoms with van der Waals surface area (Å²) in [5.74, 6) is 0.608. The predicted molar refractivity (Wildman–Crippen MR) is 80.8 cm³/mol. The maximum Gasteiger partial charge on any atom is 0.106 e. The predicted octanol–water partition coefficient (Wildman–Crippen LogP) is 4.64. The SMILES string of the molecule is CON=C1CCCC(c2ccc(C(C)(C)C)cc2)C1. The van der Waals surface area contributed by atoms with Crippen LogP contribution in [0.15, 0.2) is 29.4 Å². The van der Waals surface area contributed by atoms with Crippen LogP contribution in [0.2, 0.25) is 0 Å². The lowest BCUT2D eigenvalue weighted by Gasteiger charge is -2.24. The van der Waals surface area contributed by atoms with Crippen LogP contribution >= 0.6 is 0 Å². The first-order valence-corrected chi connectivity index (χ1v) is 7.20. The van der Waals surface area contributed by atoms with Crippen molar-refractivity contribution in [3.63, 3.8) is 0 Å². The molecule has 0 amide bonds. The summed E-state index contributed by atoms with van der Waals surface area (Å²) in [5, 5.41) is 4.13. The largest absolute Gasteiger partial charge is 0.399 e. The fourth-order valence-electron chi connectivity index (χ4n) is 2.79. The van der Waals surface area contributed by atoms with E-state index in [9.17, 15) is 0 Å². The molecule has 19 heavy (non-hydrogen) atoms. The van der Waals surface area contributed by atoms with Crippen LogP contribution in [-0.2, 0) is 10.3 Å². The van der Waals surface area contributed by atoms with E-state index < -0.39 is 0 Å². The zero-order valence-electron chi connectivity index (χ0n) is 12.6. The third-order valence-electron chi connectivity index (χ3n) is 3.97. The van der Waals surface area contributed by atoms with Crippen molar-refractivity contribution in [2.45, 2.75) is 57.8 Å². The van der Waals surface area contributed by atoms with Crippen molar-refractivity contribution in [1.82, 2.24) is 0 Å². The normalized spacial score (nSPS) is 22.5. The number of oxime groups is 1. The van der Waals surface area contributed by atoms with Crippen molar-refractivity contribution >= 4 is 5.71 Å². The lowest BCUT2D eigenvalue weighted by Crippen LogP contribution is -2.15. The molecule has 0 saturated heterocycles. The smallest absolute Gasteiger partial charge is 0.106 e. The Balaban J connectivity index is 2.12. The summed E-state index contributed by atoms with van der Waals surface area (Å²) in [4.78, 5) is 4.92. The fraction of sp³-hybridized carbons (Fsp3) is 0.588. The van der Waals surface area contributed by atoms with Crippen molar-refractivity contribution in [3.8, 4) is 0 Å². The van der Waals surface area contributed by atoms with Gasteiger partial charge in [0.05, 0.1) is 5.71 Å². The lowest BCUT2D eigenvalue weighted by molar-refractivity contribution is 0.210. The molecule has 0 radical (unpaired) electrons. The Kier molecular flexibility index (Phi) is 4.28. The molecule has 1 aliphatic carbocycles. The summed E-state index contributed by atoms with van der Waals surface area (Å²) in [6, 6.07) is 9.14. The average molecular weight is 259 g/mol. The molecule has 1 atom stereocenters. The van der Waals surface area contributed by atoms with Gasteiger partial charge in [0.2, 0.25) is 0 Å². The van der Waals surface area contributed by atoms with E-state index in [1.807, 2.05) is 0 Å². The number of benzene rings is 1. The zero-order chi connectivity index (χ0) is 13.9. The first-order chi connectivity index (χ1) is 9.00. The highest BCUT2D eigenvalue weighted by Crippen LogP contribution is 2.33. The molecular weight excluding hydrogens is 234 g/mol. The first kappa shape index (κ1) is 14.1. The van der Waals surface area contributed by atoms with E-state index in [1.165, 1.54) is 29.7 Å². The molecule has 0 heterocycles. The van der Waals surface area contributed by atoms with Gasteiger partial charge in [-0.25, -0.2) is 0 Å². The van der Waals surface area contributed by atoms with E-state index in [1.54, 1.807) is 7.11 Å². The lowest BCUT2D eigenvalue weighted by atomic mass is 9.81. The molecule has 0 bridgehead atoms. The first-order valence-electron chi connectivity index (χ1n) is 7.20. The van der Waals surface area contributed by atoms with Gasteiger partial charge in [0.1, 0.15) is 7.11 Å². The molecule has 1 fully saturated rings. The average Bonchev–Trinajstić information content (AvgIpc) is 2.39. The second kappa shape index (κ2) is 5.77. The third-order valence-corrected chi connectivity index (χ3v) is 3.97. The summed E-state index contributed by atoms with van der Waals surface area (Å²) >= 11 is 0. The number of hydrogen-bond acceptors (Lipinski definition) is 2. The number of hydrogen-bond donors (Lipinski definition) is 0. The Morgan fingerprint density at radius 2 is 1.84 bits per heavy atom. The Hall–Kier alpha value is -1.31. The molecule has 2 nitrogen and oxygen atoms in total. The monoisotopic (exact) mass is 259 g/mol. The summed E-state index contributed by atoms with van der Waals surface area (Å²) in [6.07, 6.45) is 4.61. The number of nitrogens with zero attached hydrogens (tertiary/aromatic N) is 1. The molecule has 1 saturated carbocycles. The van der Waals surface area contributed by atoms with Crippen LogP contribution in [0.25, 0.3) is 0 Å². The van der Waals surface area contributed by atoms with E-state index in [2.05, 4.69) is 50.2 Å². The van der Waals surface area contributed by atoms with Crippen LogP contribution in [0.3, 0.4) is 0 Å². The molecule has 0 N–H and O–H groups in total. The van der Waals surface area contributed by atoms with Crippen LogP contribution in [0.1, 0.15) is 63.5 Å². The van der Waals surface area contributed by atoms with Crippen LogP contribution in [0, 0.1) is 0 Å². The molecule has 1 unspecified atom stereocenters. The molecular formula is C17H25NO. The molecule has 1 aliphatic rings. The van der Waals surface area contributed by atoms with E-state index in [0.29, 0.717) is 5.92 Å². The molecule has 1 aromatic rings. The van der Waals surface area contributed by atoms with Crippen molar-refractivity contribution in [2.24, 2.45) is 5.16 Å². The second-order valence-corrected chi connectivity index (χ2v) is 6.51. The van der Waals surface area contributed by atoms with Gasteiger partial charge in [-0.05, 0) is 48.1 Å². The third kappa shape index (κ3) is 3.59. The van der Waals surface area contributed by atoms with Crippen LogP contribution in [-0.4, -0.2) is 12.8 Å². The molecule has 2 heteroatoms. The van der Waals surface area contributed by atoms with E-state index >= 15 is 0 Å². The van der Waals surface area contributed by atoms with Crippen LogP contribution in [0.4, 0.5) is 0 Å². The molecule has 0 aromatic heterocycles.